The van der Waals surface area contributed by atoms with Crippen molar-refractivity contribution >= 4 is 23.2 Å². The number of rotatable bonds is 5. The van der Waals surface area contributed by atoms with Gasteiger partial charge in [0.25, 0.3) is 5.91 Å². The summed E-state index contributed by atoms with van der Waals surface area (Å²) in [5.74, 6) is 1.05. The van der Waals surface area contributed by atoms with Gasteiger partial charge in [-0.1, -0.05) is 17.7 Å². The third-order valence-electron chi connectivity index (χ3n) is 3.22. The molecule has 0 radical (unpaired) electrons. The Morgan fingerprint density at radius 2 is 1.87 bits per heavy atom. The summed E-state index contributed by atoms with van der Waals surface area (Å²) in [5, 5.41) is 3.27. The molecule has 0 aromatic heterocycles. The highest BCUT2D eigenvalue weighted by Gasteiger charge is 2.11. The van der Waals surface area contributed by atoms with Gasteiger partial charge in [0.15, 0.2) is 0 Å². The molecule has 0 heterocycles. The summed E-state index contributed by atoms with van der Waals surface area (Å²) in [7, 11) is 1.58. The summed E-state index contributed by atoms with van der Waals surface area (Å²) < 4.78 is 10.8. The zero-order valence-corrected chi connectivity index (χ0v) is 14.4. The van der Waals surface area contributed by atoms with Gasteiger partial charge in [0.1, 0.15) is 11.5 Å². The van der Waals surface area contributed by atoms with Crippen LogP contribution in [0.1, 0.15) is 29.8 Å². The van der Waals surface area contributed by atoms with E-state index in [0.717, 1.165) is 5.56 Å². The average Bonchev–Trinajstić information content (AvgIpc) is 2.50. The van der Waals surface area contributed by atoms with Crippen LogP contribution < -0.4 is 14.8 Å². The van der Waals surface area contributed by atoms with Gasteiger partial charge in [-0.2, -0.15) is 0 Å². The molecule has 0 fully saturated rings. The van der Waals surface area contributed by atoms with Gasteiger partial charge in [-0.05, 0) is 56.7 Å². The summed E-state index contributed by atoms with van der Waals surface area (Å²) in [6.45, 7) is 5.78. The van der Waals surface area contributed by atoms with Crippen molar-refractivity contribution in [1.82, 2.24) is 0 Å². The van der Waals surface area contributed by atoms with Gasteiger partial charge in [-0.3, -0.25) is 4.79 Å². The number of halogens is 1. The molecule has 1 N–H and O–H groups in total. The summed E-state index contributed by atoms with van der Waals surface area (Å²) >= 11 is 6.18. The second kappa shape index (κ2) is 7.38. The number of ether oxygens (including phenoxy) is 2. The van der Waals surface area contributed by atoms with E-state index in [1.54, 1.807) is 37.4 Å². The van der Waals surface area contributed by atoms with Crippen LogP contribution in [0, 0.1) is 6.92 Å². The number of hydrogen-bond donors (Lipinski definition) is 1. The molecule has 2 rings (SSSR count). The molecule has 0 atom stereocenters. The predicted octanol–water partition coefficient (Wildman–Crippen LogP) is 4.70. The Hall–Kier alpha value is -2.20. The van der Waals surface area contributed by atoms with Crippen molar-refractivity contribution in [3.63, 3.8) is 0 Å². The fraction of sp³-hybridized carbons (Fsp3) is 0.278. The molecule has 0 aliphatic heterocycles. The fourth-order valence-electron chi connectivity index (χ4n) is 2.09. The molecule has 0 saturated heterocycles. The van der Waals surface area contributed by atoms with Gasteiger partial charge in [0.05, 0.1) is 18.2 Å². The minimum Gasteiger partial charge on any atom is -0.496 e. The minimum atomic E-state index is -0.225. The molecule has 5 heteroatoms. The first kappa shape index (κ1) is 17.2. The lowest BCUT2D eigenvalue weighted by molar-refractivity contribution is 0.102. The minimum absolute atomic E-state index is 0.0352. The summed E-state index contributed by atoms with van der Waals surface area (Å²) in [4.78, 5) is 12.3. The Morgan fingerprint density at radius 3 is 2.48 bits per heavy atom. The second-order valence-corrected chi connectivity index (χ2v) is 5.86. The van der Waals surface area contributed by atoms with Crippen LogP contribution >= 0.6 is 11.6 Å². The largest absolute Gasteiger partial charge is 0.496 e. The molecular weight excluding hydrogens is 314 g/mol. The Labute approximate surface area is 141 Å². The number of hydrogen-bond acceptors (Lipinski definition) is 3. The van der Waals surface area contributed by atoms with Crippen LogP contribution in [0.25, 0.3) is 0 Å². The monoisotopic (exact) mass is 333 g/mol. The van der Waals surface area contributed by atoms with Crippen molar-refractivity contribution < 1.29 is 14.3 Å². The molecule has 2 aromatic rings. The van der Waals surface area contributed by atoms with Gasteiger partial charge in [0, 0.05) is 11.3 Å². The molecule has 0 unspecified atom stereocenters. The maximum Gasteiger partial charge on any atom is 0.255 e. The first-order valence-electron chi connectivity index (χ1n) is 7.33. The second-order valence-electron chi connectivity index (χ2n) is 5.45. The SMILES string of the molecule is COc1cc(C(=O)Nc2ccc(OC(C)C)c(Cl)c2)ccc1C. The molecule has 0 bridgehead atoms. The lowest BCUT2D eigenvalue weighted by Crippen LogP contribution is -2.12. The topological polar surface area (TPSA) is 47.6 Å². The van der Waals surface area contributed by atoms with E-state index in [9.17, 15) is 4.79 Å². The van der Waals surface area contributed by atoms with E-state index < -0.39 is 0 Å². The van der Waals surface area contributed by atoms with Crippen LogP contribution in [0.15, 0.2) is 36.4 Å². The molecule has 1 amide bonds. The third-order valence-corrected chi connectivity index (χ3v) is 3.52. The molecule has 0 saturated carbocycles. The number of aryl methyl sites for hydroxylation is 1. The van der Waals surface area contributed by atoms with Crippen molar-refractivity contribution in [2.24, 2.45) is 0 Å². The van der Waals surface area contributed by atoms with Crippen molar-refractivity contribution in [2.75, 3.05) is 12.4 Å². The smallest absolute Gasteiger partial charge is 0.255 e. The number of benzene rings is 2. The standard InChI is InChI=1S/C18H20ClNO3/c1-11(2)23-16-8-7-14(10-15(16)19)20-18(21)13-6-5-12(3)17(9-13)22-4/h5-11H,1-4H3,(H,20,21). The Morgan fingerprint density at radius 1 is 1.13 bits per heavy atom. The highest BCUT2D eigenvalue weighted by Crippen LogP contribution is 2.29. The van der Waals surface area contributed by atoms with Crippen LogP contribution in [-0.4, -0.2) is 19.1 Å². The van der Waals surface area contributed by atoms with E-state index in [-0.39, 0.29) is 12.0 Å². The van der Waals surface area contributed by atoms with Crippen LogP contribution in [0.4, 0.5) is 5.69 Å². The average molecular weight is 334 g/mol. The number of carbonyl (C=O) groups is 1. The lowest BCUT2D eigenvalue weighted by atomic mass is 10.1. The molecule has 0 spiro atoms. The highest BCUT2D eigenvalue weighted by atomic mass is 35.5. The van der Waals surface area contributed by atoms with Crippen LogP contribution in [-0.2, 0) is 0 Å². The van der Waals surface area contributed by atoms with Crippen LogP contribution in [0.5, 0.6) is 11.5 Å². The molecule has 23 heavy (non-hydrogen) atoms. The number of anilines is 1. The highest BCUT2D eigenvalue weighted by molar-refractivity contribution is 6.32. The number of methoxy groups -OCH3 is 1. The van der Waals surface area contributed by atoms with E-state index in [1.165, 1.54) is 0 Å². The number of amides is 1. The Kier molecular flexibility index (Phi) is 5.50. The van der Waals surface area contributed by atoms with E-state index in [2.05, 4.69) is 5.32 Å². The quantitative estimate of drug-likeness (QED) is 0.863. The maximum atomic E-state index is 12.3. The van der Waals surface area contributed by atoms with Gasteiger partial charge in [-0.15, -0.1) is 0 Å². The molecule has 0 aliphatic rings. The van der Waals surface area contributed by atoms with E-state index in [0.29, 0.717) is 27.8 Å². The molecule has 2 aromatic carbocycles. The van der Waals surface area contributed by atoms with Gasteiger partial charge >= 0.3 is 0 Å². The van der Waals surface area contributed by atoms with E-state index in [4.69, 9.17) is 21.1 Å². The summed E-state index contributed by atoms with van der Waals surface area (Å²) in [6, 6.07) is 10.5. The fourth-order valence-corrected chi connectivity index (χ4v) is 2.32. The van der Waals surface area contributed by atoms with Gasteiger partial charge < -0.3 is 14.8 Å². The van der Waals surface area contributed by atoms with Gasteiger partial charge in [0.2, 0.25) is 0 Å². The zero-order chi connectivity index (χ0) is 17.0. The van der Waals surface area contributed by atoms with Crippen molar-refractivity contribution in [1.29, 1.82) is 0 Å². The van der Waals surface area contributed by atoms with Crippen LogP contribution in [0.3, 0.4) is 0 Å². The zero-order valence-electron chi connectivity index (χ0n) is 13.6. The molecule has 4 nitrogen and oxygen atoms in total. The first-order chi connectivity index (χ1) is 10.9. The van der Waals surface area contributed by atoms with Crippen LogP contribution in [0.2, 0.25) is 5.02 Å². The van der Waals surface area contributed by atoms with Gasteiger partial charge in [-0.25, -0.2) is 0 Å². The van der Waals surface area contributed by atoms with Crippen molar-refractivity contribution in [3.8, 4) is 11.5 Å². The van der Waals surface area contributed by atoms with Crippen molar-refractivity contribution in [3.05, 3.63) is 52.5 Å². The number of carbonyl (C=O) groups excluding carboxylic acids is 1. The van der Waals surface area contributed by atoms with E-state index >= 15 is 0 Å². The number of nitrogens with one attached hydrogen (secondary N) is 1. The maximum absolute atomic E-state index is 12.3. The Bertz CT molecular complexity index is 713. The predicted molar refractivity (Wildman–Crippen MR) is 92.9 cm³/mol. The third kappa shape index (κ3) is 4.39. The molecular formula is C18H20ClNO3. The first-order valence-corrected chi connectivity index (χ1v) is 7.70. The van der Waals surface area contributed by atoms with Crippen molar-refractivity contribution in [2.45, 2.75) is 26.9 Å². The summed E-state index contributed by atoms with van der Waals surface area (Å²) in [5.41, 5.74) is 2.10. The lowest BCUT2D eigenvalue weighted by Gasteiger charge is -2.13. The molecule has 122 valence electrons. The Balaban J connectivity index is 2.15. The normalized spacial score (nSPS) is 10.5. The molecule has 0 aliphatic carbocycles. The van der Waals surface area contributed by atoms with E-state index in [1.807, 2.05) is 26.8 Å². The summed E-state index contributed by atoms with van der Waals surface area (Å²) in [6.07, 6.45) is 0.0352.